The van der Waals surface area contributed by atoms with Gasteiger partial charge in [0, 0.05) is 12.4 Å². The fourth-order valence-corrected chi connectivity index (χ4v) is 1.20. The molecule has 0 amide bonds. The van der Waals surface area contributed by atoms with Gasteiger partial charge in [0.05, 0.1) is 5.56 Å². The van der Waals surface area contributed by atoms with E-state index in [0.29, 0.717) is 5.56 Å². The number of esters is 1. The van der Waals surface area contributed by atoms with Crippen molar-refractivity contribution in [1.82, 2.24) is 4.98 Å². The minimum atomic E-state index is -0.230. The molecule has 2 rings (SSSR count). The number of carbonyl (C=O) groups is 1. The first kappa shape index (κ1) is 8.23. The van der Waals surface area contributed by atoms with Gasteiger partial charge in [-0.2, -0.15) is 0 Å². The van der Waals surface area contributed by atoms with Crippen LogP contribution in [-0.4, -0.2) is 17.1 Å². The van der Waals surface area contributed by atoms with Crippen LogP contribution in [0.4, 0.5) is 0 Å². The van der Waals surface area contributed by atoms with E-state index in [1.165, 1.54) is 6.42 Å². The summed E-state index contributed by atoms with van der Waals surface area (Å²) in [7, 11) is 0. The van der Waals surface area contributed by atoms with E-state index < -0.39 is 0 Å². The van der Waals surface area contributed by atoms with Gasteiger partial charge in [-0.15, -0.1) is 0 Å². The summed E-state index contributed by atoms with van der Waals surface area (Å²) in [5.74, 6) is -0.230. The molecular formula is C10H11NO2. The van der Waals surface area contributed by atoms with Crippen molar-refractivity contribution >= 4 is 5.97 Å². The Balaban J connectivity index is 1.97. The molecule has 1 aromatic rings. The molecule has 0 N–H and O–H groups in total. The first-order valence-electron chi connectivity index (χ1n) is 4.47. The summed E-state index contributed by atoms with van der Waals surface area (Å²) < 4.78 is 5.21. The van der Waals surface area contributed by atoms with Crippen molar-refractivity contribution in [2.24, 2.45) is 0 Å². The van der Waals surface area contributed by atoms with Crippen molar-refractivity contribution < 1.29 is 9.53 Å². The number of pyridine rings is 1. The van der Waals surface area contributed by atoms with E-state index in [2.05, 4.69) is 4.98 Å². The van der Waals surface area contributed by atoms with Crippen molar-refractivity contribution in [3.05, 3.63) is 30.1 Å². The van der Waals surface area contributed by atoms with E-state index in [-0.39, 0.29) is 12.1 Å². The van der Waals surface area contributed by atoms with Crippen LogP contribution in [0.2, 0.25) is 0 Å². The van der Waals surface area contributed by atoms with E-state index in [0.717, 1.165) is 12.8 Å². The molecule has 0 unspecified atom stereocenters. The largest absolute Gasteiger partial charge is 0.459 e. The molecule has 0 saturated heterocycles. The van der Waals surface area contributed by atoms with Crippen molar-refractivity contribution in [3.63, 3.8) is 0 Å². The van der Waals surface area contributed by atoms with Gasteiger partial charge in [-0.3, -0.25) is 4.98 Å². The Kier molecular flexibility index (Phi) is 2.25. The third-order valence-corrected chi connectivity index (χ3v) is 2.24. The van der Waals surface area contributed by atoms with Crippen LogP contribution in [0.3, 0.4) is 0 Å². The lowest BCUT2D eigenvalue weighted by molar-refractivity contribution is 0.00900. The fourth-order valence-electron chi connectivity index (χ4n) is 1.20. The monoisotopic (exact) mass is 177 g/mol. The zero-order valence-corrected chi connectivity index (χ0v) is 7.27. The van der Waals surface area contributed by atoms with Gasteiger partial charge in [-0.1, -0.05) is 0 Å². The third-order valence-electron chi connectivity index (χ3n) is 2.24. The molecule has 1 aliphatic rings. The van der Waals surface area contributed by atoms with Gasteiger partial charge < -0.3 is 4.74 Å². The molecule has 0 radical (unpaired) electrons. The normalized spacial score (nSPS) is 16.3. The summed E-state index contributed by atoms with van der Waals surface area (Å²) in [6, 6.07) is 3.34. The molecule has 0 atom stereocenters. The smallest absolute Gasteiger partial charge is 0.338 e. The highest BCUT2D eigenvalue weighted by molar-refractivity contribution is 5.89. The van der Waals surface area contributed by atoms with Crippen molar-refractivity contribution in [3.8, 4) is 0 Å². The highest BCUT2D eigenvalue weighted by Gasteiger charge is 2.22. The molecule has 0 aromatic carbocycles. The Labute approximate surface area is 76.7 Å². The standard InChI is InChI=1S/C10H11NO2/c12-10(13-9-2-1-3-9)8-4-6-11-7-5-8/h4-7,9H,1-3H2. The number of aromatic nitrogens is 1. The topological polar surface area (TPSA) is 39.2 Å². The van der Waals surface area contributed by atoms with Crippen molar-refractivity contribution in [1.29, 1.82) is 0 Å². The van der Waals surface area contributed by atoms with Gasteiger partial charge >= 0.3 is 5.97 Å². The summed E-state index contributed by atoms with van der Waals surface area (Å²) in [6.07, 6.45) is 6.54. The molecule has 0 bridgehead atoms. The molecule has 1 aromatic heterocycles. The number of rotatable bonds is 2. The predicted octanol–water partition coefficient (Wildman–Crippen LogP) is 1.79. The van der Waals surface area contributed by atoms with Crippen LogP contribution in [0.5, 0.6) is 0 Å². The Morgan fingerprint density at radius 3 is 2.62 bits per heavy atom. The Bertz CT molecular complexity index is 293. The van der Waals surface area contributed by atoms with Gasteiger partial charge in [-0.05, 0) is 31.4 Å². The van der Waals surface area contributed by atoms with E-state index in [1.54, 1.807) is 24.5 Å². The maximum absolute atomic E-state index is 11.4. The highest BCUT2D eigenvalue weighted by atomic mass is 16.5. The molecule has 0 spiro atoms. The third kappa shape index (κ3) is 1.86. The number of nitrogens with zero attached hydrogens (tertiary/aromatic N) is 1. The van der Waals surface area contributed by atoms with E-state index in [9.17, 15) is 4.79 Å². The SMILES string of the molecule is O=C(OC1CCC1)c1ccncc1. The van der Waals surface area contributed by atoms with Crippen LogP contribution in [0, 0.1) is 0 Å². The number of ether oxygens (including phenoxy) is 1. The van der Waals surface area contributed by atoms with Gasteiger partial charge in [-0.25, -0.2) is 4.79 Å². The Morgan fingerprint density at radius 2 is 2.08 bits per heavy atom. The van der Waals surface area contributed by atoms with Gasteiger partial charge in [0.2, 0.25) is 0 Å². The zero-order chi connectivity index (χ0) is 9.10. The maximum Gasteiger partial charge on any atom is 0.338 e. The molecule has 1 heterocycles. The fraction of sp³-hybridized carbons (Fsp3) is 0.400. The van der Waals surface area contributed by atoms with Crippen LogP contribution in [-0.2, 0) is 4.74 Å². The van der Waals surface area contributed by atoms with Crippen LogP contribution in [0.15, 0.2) is 24.5 Å². The van der Waals surface area contributed by atoms with Crippen molar-refractivity contribution in [2.75, 3.05) is 0 Å². The molecule has 0 aliphatic heterocycles. The molecule has 1 saturated carbocycles. The second-order valence-electron chi connectivity index (χ2n) is 3.19. The number of hydrogen-bond acceptors (Lipinski definition) is 3. The van der Waals surface area contributed by atoms with E-state index >= 15 is 0 Å². The summed E-state index contributed by atoms with van der Waals surface area (Å²) in [6.45, 7) is 0. The summed E-state index contributed by atoms with van der Waals surface area (Å²) in [4.78, 5) is 15.2. The van der Waals surface area contributed by atoms with Crippen LogP contribution < -0.4 is 0 Å². The number of hydrogen-bond donors (Lipinski definition) is 0. The molecule has 1 fully saturated rings. The first-order chi connectivity index (χ1) is 6.36. The van der Waals surface area contributed by atoms with Crippen LogP contribution >= 0.6 is 0 Å². The van der Waals surface area contributed by atoms with Gasteiger partial charge in [0.15, 0.2) is 0 Å². The second-order valence-corrected chi connectivity index (χ2v) is 3.19. The maximum atomic E-state index is 11.4. The van der Waals surface area contributed by atoms with Crippen LogP contribution in [0.1, 0.15) is 29.6 Å². The number of carbonyl (C=O) groups excluding carboxylic acids is 1. The molecule has 3 heteroatoms. The lowest BCUT2D eigenvalue weighted by atomic mass is 9.96. The van der Waals surface area contributed by atoms with E-state index in [4.69, 9.17) is 4.74 Å². The summed E-state index contributed by atoms with van der Waals surface area (Å²) in [5, 5.41) is 0. The average molecular weight is 177 g/mol. The molecular weight excluding hydrogens is 166 g/mol. The minimum absolute atomic E-state index is 0.153. The molecule has 68 valence electrons. The quantitative estimate of drug-likeness (QED) is 0.646. The molecule has 1 aliphatic carbocycles. The average Bonchev–Trinajstić information content (AvgIpc) is 2.12. The van der Waals surface area contributed by atoms with Gasteiger partial charge in [0.1, 0.15) is 6.10 Å². The molecule has 3 nitrogen and oxygen atoms in total. The summed E-state index contributed by atoms with van der Waals surface area (Å²) >= 11 is 0. The second kappa shape index (κ2) is 3.56. The van der Waals surface area contributed by atoms with Gasteiger partial charge in [0.25, 0.3) is 0 Å². The summed E-state index contributed by atoms with van der Waals surface area (Å²) in [5.41, 5.74) is 0.585. The zero-order valence-electron chi connectivity index (χ0n) is 7.27. The lowest BCUT2D eigenvalue weighted by Crippen LogP contribution is -2.24. The highest BCUT2D eigenvalue weighted by Crippen LogP contribution is 2.22. The Morgan fingerprint density at radius 1 is 1.38 bits per heavy atom. The van der Waals surface area contributed by atoms with Crippen molar-refractivity contribution in [2.45, 2.75) is 25.4 Å². The minimum Gasteiger partial charge on any atom is -0.459 e. The van der Waals surface area contributed by atoms with Crippen LogP contribution in [0.25, 0.3) is 0 Å². The predicted molar refractivity (Wildman–Crippen MR) is 47.3 cm³/mol. The van der Waals surface area contributed by atoms with E-state index in [1.807, 2.05) is 0 Å². The lowest BCUT2D eigenvalue weighted by Gasteiger charge is -2.24. The molecule has 13 heavy (non-hydrogen) atoms. The first-order valence-corrected chi connectivity index (χ1v) is 4.47. The Hall–Kier alpha value is -1.38.